The van der Waals surface area contributed by atoms with E-state index in [4.69, 9.17) is 0 Å². The Hall–Kier alpha value is 0.690. The SMILES string of the molecule is IC1CCN(C2CCC2)C1. The molecule has 0 aromatic heterocycles. The van der Waals surface area contributed by atoms with Crippen molar-refractivity contribution in [1.29, 1.82) is 0 Å². The van der Waals surface area contributed by atoms with Crippen molar-refractivity contribution in [3.05, 3.63) is 0 Å². The molecule has 2 rings (SSSR count). The van der Waals surface area contributed by atoms with E-state index in [-0.39, 0.29) is 0 Å². The Morgan fingerprint density at radius 2 is 2.00 bits per heavy atom. The third kappa shape index (κ3) is 1.33. The van der Waals surface area contributed by atoms with Gasteiger partial charge in [-0.15, -0.1) is 0 Å². The second kappa shape index (κ2) is 2.97. The summed E-state index contributed by atoms with van der Waals surface area (Å²) in [5.41, 5.74) is 0. The van der Waals surface area contributed by atoms with Crippen LogP contribution in [0, 0.1) is 0 Å². The van der Waals surface area contributed by atoms with E-state index in [1.165, 1.54) is 38.8 Å². The first-order valence-electron chi connectivity index (χ1n) is 4.24. The summed E-state index contributed by atoms with van der Waals surface area (Å²) < 4.78 is 0.943. The maximum atomic E-state index is 2.68. The lowest BCUT2D eigenvalue weighted by atomic mass is 9.92. The average Bonchev–Trinajstić information content (AvgIpc) is 2.10. The van der Waals surface area contributed by atoms with E-state index in [9.17, 15) is 0 Å². The van der Waals surface area contributed by atoms with Crippen molar-refractivity contribution >= 4 is 22.6 Å². The molecule has 1 unspecified atom stereocenters. The lowest BCUT2D eigenvalue weighted by Crippen LogP contribution is -2.38. The van der Waals surface area contributed by atoms with E-state index in [2.05, 4.69) is 27.5 Å². The van der Waals surface area contributed by atoms with Crippen LogP contribution in [0.2, 0.25) is 0 Å². The van der Waals surface area contributed by atoms with Crippen molar-refractivity contribution in [2.75, 3.05) is 13.1 Å². The van der Waals surface area contributed by atoms with Gasteiger partial charge in [0.1, 0.15) is 0 Å². The summed E-state index contributed by atoms with van der Waals surface area (Å²) >= 11 is 2.58. The van der Waals surface area contributed by atoms with Crippen LogP contribution in [0.25, 0.3) is 0 Å². The predicted octanol–water partition coefficient (Wildman–Crippen LogP) is 2.05. The first-order valence-corrected chi connectivity index (χ1v) is 5.49. The molecule has 58 valence electrons. The molecule has 1 heterocycles. The zero-order valence-corrected chi connectivity index (χ0v) is 8.38. The molecule has 0 aromatic carbocycles. The molecule has 0 amide bonds. The van der Waals surface area contributed by atoms with Gasteiger partial charge in [0.25, 0.3) is 0 Å². The van der Waals surface area contributed by atoms with Crippen molar-refractivity contribution in [2.24, 2.45) is 0 Å². The van der Waals surface area contributed by atoms with Gasteiger partial charge in [-0.3, -0.25) is 4.90 Å². The summed E-state index contributed by atoms with van der Waals surface area (Å²) in [5, 5.41) is 0. The van der Waals surface area contributed by atoms with E-state index in [0.717, 1.165) is 9.97 Å². The van der Waals surface area contributed by atoms with Crippen LogP contribution < -0.4 is 0 Å². The van der Waals surface area contributed by atoms with Crippen LogP contribution in [0.4, 0.5) is 0 Å². The third-order valence-corrected chi connectivity index (χ3v) is 3.77. The fourth-order valence-corrected chi connectivity index (χ4v) is 2.61. The van der Waals surface area contributed by atoms with Crippen LogP contribution >= 0.6 is 22.6 Å². The van der Waals surface area contributed by atoms with E-state index >= 15 is 0 Å². The van der Waals surface area contributed by atoms with Crippen LogP contribution in [-0.2, 0) is 0 Å². The number of hydrogen-bond donors (Lipinski definition) is 0. The monoisotopic (exact) mass is 251 g/mol. The van der Waals surface area contributed by atoms with Crippen LogP contribution in [0.3, 0.4) is 0 Å². The molecule has 2 aliphatic rings. The largest absolute Gasteiger partial charge is 0.299 e. The van der Waals surface area contributed by atoms with E-state index in [1.807, 2.05) is 0 Å². The molecule has 0 bridgehead atoms. The Kier molecular flexibility index (Phi) is 2.18. The number of rotatable bonds is 1. The molecule has 1 saturated carbocycles. The number of hydrogen-bond acceptors (Lipinski definition) is 1. The minimum atomic E-state index is 0.943. The van der Waals surface area contributed by atoms with E-state index in [1.54, 1.807) is 0 Å². The number of likely N-dealkylation sites (tertiary alicyclic amines) is 1. The van der Waals surface area contributed by atoms with Crippen LogP contribution in [0.5, 0.6) is 0 Å². The number of alkyl halides is 1. The fraction of sp³-hybridized carbons (Fsp3) is 1.00. The molecule has 2 heteroatoms. The molecular formula is C8H14IN. The van der Waals surface area contributed by atoms with Gasteiger partial charge < -0.3 is 0 Å². The van der Waals surface area contributed by atoms with Crippen molar-refractivity contribution in [1.82, 2.24) is 4.90 Å². The minimum absolute atomic E-state index is 0.943. The van der Waals surface area contributed by atoms with Gasteiger partial charge in [-0.25, -0.2) is 0 Å². The van der Waals surface area contributed by atoms with Crippen molar-refractivity contribution in [3.63, 3.8) is 0 Å². The molecule has 1 aliphatic heterocycles. The summed E-state index contributed by atoms with van der Waals surface area (Å²) in [7, 11) is 0. The Morgan fingerprint density at radius 1 is 1.20 bits per heavy atom. The maximum Gasteiger partial charge on any atom is 0.0249 e. The highest BCUT2D eigenvalue weighted by atomic mass is 127. The van der Waals surface area contributed by atoms with Crippen molar-refractivity contribution in [2.45, 2.75) is 35.6 Å². The molecule has 0 N–H and O–H groups in total. The van der Waals surface area contributed by atoms with E-state index < -0.39 is 0 Å². The third-order valence-electron chi connectivity index (χ3n) is 2.75. The van der Waals surface area contributed by atoms with Crippen molar-refractivity contribution < 1.29 is 0 Å². The molecule has 0 radical (unpaired) electrons. The molecule has 0 spiro atoms. The Bertz CT molecular complexity index is 122. The lowest BCUT2D eigenvalue weighted by Gasteiger charge is -2.34. The smallest absolute Gasteiger partial charge is 0.0249 e. The quantitative estimate of drug-likeness (QED) is 0.509. The van der Waals surface area contributed by atoms with Gasteiger partial charge in [0.05, 0.1) is 0 Å². The summed E-state index contributed by atoms with van der Waals surface area (Å²) in [4.78, 5) is 2.68. The van der Waals surface area contributed by atoms with Gasteiger partial charge in [-0.1, -0.05) is 29.0 Å². The van der Waals surface area contributed by atoms with Crippen LogP contribution in [-0.4, -0.2) is 28.0 Å². The highest BCUT2D eigenvalue weighted by molar-refractivity contribution is 14.1. The Labute approximate surface area is 76.3 Å². The van der Waals surface area contributed by atoms with Gasteiger partial charge in [0.15, 0.2) is 0 Å². The molecule has 1 aliphatic carbocycles. The average molecular weight is 251 g/mol. The first-order chi connectivity index (χ1) is 4.86. The molecule has 2 fully saturated rings. The Balaban J connectivity index is 1.82. The second-order valence-electron chi connectivity index (χ2n) is 3.47. The summed E-state index contributed by atoms with van der Waals surface area (Å²) in [6.45, 7) is 2.74. The normalized spacial score (nSPS) is 36.3. The topological polar surface area (TPSA) is 3.24 Å². The van der Waals surface area contributed by atoms with Gasteiger partial charge in [0, 0.05) is 16.5 Å². The summed E-state index contributed by atoms with van der Waals surface area (Å²) in [6.07, 6.45) is 5.86. The van der Waals surface area contributed by atoms with Crippen LogP contribution in [0.1, 0.15) is 25.7 Å². The molecule has 1 nitrogen and oxygen atoms in total. The van der Waals surface area contributed by atoms with Gasteiger partial charge >= 0.3 is 0 Å². The zero-order valence-electron chi connectivity index (χ0n) is 6.22. The standard InChI is InChI=1S/C8H14IN/c9-7-4-5-10(6-7)8-2-1-3-8/h7-8H,1-6H2. The van der Waals surface area contributed by atoms with Crippen molar-refractivity contribution in [3.8, 4) is 0 Å². The molecule has 0 aromatic rings. The fourth-order valence-electron chi connectivity index (χ4n) is 1.83. The number of halogens is 1. The molecular weight excluding hydrogens is 237 g/mol. The first kappa shape index (κ1) is 7.35. The Morgan fingerprint density at radius 3 is 2.40 bits per heavy atom. The highest BCUT2D eigenvalue weighted by Gasteiger charge is 2.29. The molecule has 1 atom stereocenters. The minimum Gasteiger partial charge on any atom is -0.299 e. The molecule has 1 saturated heterocycles. The van der Waals surface area contributed by atoms with Gasteiger partial charge in [-0.2, -0.15) is 0 Å². The van der Waals surface area contributed by atoms with Gasteiger partial charge in [0.2, 0.25) is 0 Å². The molecule has 10 heavy (non-hydrogen) atoms. The number of nitrogens with zero attached hydrogens (tertiary/aromatic N) is 1. The maximum absolute atomic E-state index is 2.68. The zero-order chi connectivity index (χ0) is 6.97. The predicted molar refractivity (Wildman–Crippen MR) is 51.6 cm³/mol. The van der Waals surface area contributed by atoms with E-state index in [0.29, 0.717) is 0 Å². The lowest BCUT2D eigenvalue weighted by molar-refractivity contribution is 0.160. The van der Waals surface area contributed by atoms with Crippen LogP contribution in [0.15, 0.2) is 0 Å². The summed E-state index contributed by atoms with van der Waals surface area (Å²) in [6, 6.07) is 0.986. The highest BCUT2D eigenvalue weighted by Crippen LogP contribution is 2.29. The summed E-state index contributed by atoms with van der Waals surface area (Å²) in [5.74, 6) is 0. The van der Waals surface area contributed by atoms with Gasteiger partial charge in [-0.05, 0) is 25.8 Å². The second-order valence-corrected chi connectivity index (χ2v) is 5.23.